The van der Waals surface area contributed by atoms with Gasteiger partial charge in [0.1, 0.15) is 0 Å². The quantitative estimate of drug-likeness (QED) is 0.849. The lowest BCUT2D eigenvalue weighted by molar-refractivity contribution is -0.130. The molecule has 1 saturated heterocycles. The molecule has 4 nitrogen and oxygen atoms in total. The van der Waals surface area contributed by atoms with Crippen LogP contribution in [0.5, 0.6) is 0 Å². The third kappa shape index (κ3) is 2.27. The zero-order valence-corrected chi connectivity index (χ0v) is 12.7. The number of fused-ring (bicyclic) bond motifs is 2. The molecule has 0 bridgehead atoms. The van der Waals surface area contributed by atoms with Crippen LogP contribution >= 0.6 is 0 Å². The molecule has 1 aromatic heterocycles. The van der Waals surface area contributed by atoms with E-state index in [1.165, 1.54) is 12.1 Å². The molecule has 0 radical (unpaired) electrons. The van der Waals surface area contributed by atoms with Crippen LogP contribution in [0.3, 0.4) is 0 Å². The number of carboxylic acids is 1. The first kappa shape index (κ1) is 13.9. The molecule has 3 heterocycles. The molecule has 2 N–H and O–H groups in total. The van der Waals surface area contributed by atoms with Gasteiger partial charge in [-0.05, 0) is 42.5 Å². The summed E-state index contributed by atoms with van der Waals surface area (Å²) in [7, 11) is 0. The van der Waals surface area contributed by atoms with Gasteiger partial charge in [-0.2, -0.15) is 0 Å². The van der Waals surface area contributed by atoms with E-state index in [0.29, 0.717) is 5.57 Å². The first-order valence-electron chi connectivity index (χ1n) is 7.95. The summed E-state index contributed by atoms with van der Waals surface area (Å²) in [5.41, 5.74) is 5.46. The molecule has 1 aromatic carbocycles. The summed E-state index contributed by atoms with van der Waals surface area (Å²) in [6.07, 6.45) is 6.96. The van der Waals surface area contributed by atoms with Crippen molar-refractivity contribution in [1.82, 2.24) is 9.88 Å². The summed E-state index contributed by atoms with van der Waals surface area (Å²) in [5, 5.41) is 13.2. The Morgan fingerprint density at radius 1 is 1.09 bits per heavy atom. The van der Waals surface area contributed by atoms with Gasteiger partial charge in [-0.1, -0.05) is 24.3 Å². The number of hydrogen-bond acceptors (Lipinski definition) is 2. The molecule has 0 atom stereocenters. The Labute approximate surface area is 134 Å². The van der Waals surface area contributed by atoms with Gasteiger partial charge in [0.15, 0.2) is 0 Å². The average molecular weight is 306 g/mol. The molecule has 2 aliphatic heterocycles. The topological polar surface area (TPSA) is 54.3 Å². The standard InChI is InChI=1S/C19H18N2O2/c22-19(23)15-12-21-11-5-9-17(21)18(16-8-3-4-10-20-16)14-7-2-1-6-13(14)15/h1-2,5-7,9,11-12,20H,3-4,8,10H2,(H,22,23). The number of nitrogens with one attached hydrogen (secondary N) is 1. The molecule has 4 heteroatoms. The molecule has 23 heavy (non-hydrogen) atoms. The molecule has 116 valence electrons. The minimum absolute atomic E-state index is 0.324. The molecule has 0 saturated carbocycles. The van der Waals surface area contributed by atoms with Gasteiger partial charge < -0.3 is 15.0 Å². The zero-order chi connectivity index (χ0) is 15.8. The first-order valence-corrected chi connectivity index (χ1v) is 7.95. The Balaban J connectivity index is 2.04. The van der Waals surface area contributed by atoms with E-state index in [1.807, 2.05) is 41.1 Å². The van der Waals surface area contributed by atoms with Crippen molar-refractivity contribution in [3.05, 3.63) is 65.1 Å². The van der Waals surface area contributed by atoms with Crippen LogP contribution in [0.1, 0.15) is 36.1 Å². The normalized spacial score (nSPS) is 19.9. The van der Waals surface area contributed by atoms with E-state index in [2.05, 4.69) is 11.4 Å². The Kier molecular flexibility index (Phi) is 3.30. The Morgan fingerprint density at radius 2 is 1.91 bits per heavy atom. The summed E-state index contributed by atoms with van der Waals surface area (Å²) in [6, 6.07) is 11.8. The fraction of sp³-hybridized carbons (Fsp3) is 0.211. The van der Waals surface area contributed by atoms with Crippen LogP contribution in [0, 0.1) is 0 Å². The van der Waals surface area contributed by atoms with Crippen LogP contribution in [0.4, 0.5) is 0 Å². The first-order chi connectivity index (χ1) is 11.3. The summed E-state index contributed by atoms with van der Waals surface area (Å²) in [5.74, 6) is -0.903. The van der Waals surface area contributed by atoms with E-state index in [0.717, 1.165) is 41.8 Å². The fourth-order valence-corrected chi connectivity index (χ4v) is 3.46. The largest absolute Gasteiger partial charge is 0.478 e. The zero-order valence-electron chi connectivity index (χ0n) is 12.7. The molecule has 1 fully saturated rings. The number of rotatable bonds is 1. The second-order valence-electron chi connectivity index (χ2n) is 5.93. The number of benzene rings is 1. The van der Waals surface area contributed by atoms with Crippen molar-refractivity contribution in [2.24, 2.45) is 0 Å². The van der Waals surface area contributed by atoms with E-state index in [-0.39, 0.29) is 0 Å². The maximum atomic E-state index is 11.8. The molecule has 0 amide bonds. The van der Waals surface area contributed by atoms with Crippen molar-refractivity contribution >= 4 is 23.3 Å². The number of piperidine rings is 1. The SMILES string of the molecule is O=C(O)C1=Cn2cccc2C(=C2CCCCN2)c2ccccc21. The van der Waals surface area contributed by atoms with Crippen LogP contribution in [-0.4, -0.2) is 22.2 Å². The van der Waals surface area contributed by atoms with Crippen molar-refractivity contribution in [2.45, 2.75) is 19.3 Å². The van der Waals surface area contributed by atoms with Gasteiger partial charge >= 0.3 is 5.97 Å². The third-order valence-electron chi connectivity index (χ3n) is 4.51. The van der Waals surface area contributed by atoms with Gasteiger partial charge in [0, 0.05) is 30.2 Å². The Morgan fingerprint density at radius 3 is 2.65 bits per heavy atom. The second kappa shape index (κ2) is 5.47. The van der Waals surface area contributed by atoms with Crippen LogP contribution in [0.2, 0.25) is 0 Å². The number of nitrogens with zero attached hydrogens (tertiary/aromatic N) is 1. The van der Waals surface area contributed by atoms with Gasteiger partial charge in [0.25, 0.3) is 0 Å². The molecule has 4 rings (SSSR count). The highest BCUT2D eigenvalue weighted by Gasteiger charge is 2.25. The summed E-state index contributed by atoms with van der Waals surface area (Å²) in [6.45, 7) is 0.973. The van der Waals surface area contributed by atoms with Crippen molar-refractivity contribution < 1.29 is 9.90 Å². The van der Waals surface area contributed by atoms with Crippen molar-refractivity contribution in [2.75, 3.05) is 6.54 Å². The smallest absolute Gasteiger partial charge is 0.337 e. The Bertz CT molecular complexity index is 835. The van der Waals surface area contributed by atoms with Crippen LogP contribution < -0.4 is 5.32 Å². The van der Waals surface area contributed by atoms with Gasteiger partial charge in [-0.3, -0.25) is 0 Å². The average Bonchev–Trinajstić information content (AvgIpc) is 2.97. The number of carbonyl (C=O) groups is 1. The van der Waals surface area contributed by atoms with E-state index in [4.69, 9.17) is 0 Å². The van der Waals surface area contributed by atoms with E-state index < -0.39 is 5.97 Å². The van der Waals surface area contributed by atoms with Gasteiger partial charge in [0.05, 0.1) is 11.3 Å². The van der Waals surface area contributed by atoms with Crippen LogP contribution in [-0.2, 0) is 4.79 Å². The van der Waals surface area contributed by atoms with Crippen molar-refractivity contribution in [3.8, 4) is 0 Å². The van der Waals surface area contributed by atoms with E-state index >= 15 is 0 Å². The predicted octanol–water partition coefficient (Wildman–Crippen LogP) is 3.42. The molecule has 0 spiro atoms. The lowest BCUT2D eigenvalue weighted by Crippen LogP contribution is -2.22. The maximum Gasteiger partial charge on any atom is 0.337 e. The summed E-state index contributed by atoms with van der Waals surface area (Å²) < 4.78 is 1.92. The fourth-order valence-electron chi connectivity index (χ4n) is 3.46. The lowest BCUT2D eigenvalue weighted by Gasteiger charge is -2.22. The molecule has 2 aromatic rings. The highest BCUT2D eigenvalue weighted by molar-refractivity contribution is 6.21. The molecular weight excluding hydrogens is 288 g/mol. The molecule has 2 aliphatic rings. The number of hydrogen-bond donors (Lipinski definition) is 2. The van der Waals surface area contributed by atoms with Crippen molar-refractivity contribution in [1.29, 1.82) is 0 Å². The Hall–Kier alpha value is -2.75. The van der Waals surface area contributed by atoms with E-state index in [9.17, 15) is 9.90 Å². The maximum absolute atomic E-state index is 11.8. The number of carboxylic acid groups (broad SMARTS) is 1. The second-order valence-corrected chi connectivity index (χ2v) is 5.93. The highest BCUT2D eigenvalue weighted by Crippen LogP contribution is 2.37. The summed E-state index contributed by atoms with van der Waals surface area (Å²) in [4.78, 5) is 11.8. The van der Waals surface area contributed by atoms with Crippen LogP contribution in [0.15, 0.2) is 48.3 Å². The van der Waals surface area contributed by atoms with Crippen molar-refractivity contribution in [3.63, 3.8) is 0 Å². The number of allylic oxidation sites excluding steroid dienone is 1. The molecule has 0 unspecified atom stereocenters. The minimum atomic E-state index is -0.903. The highest BCUT2D eigenvalue weighted by atomic mass is 16.4. The van der Waals surface area contributed by atoms with Gasteiger partial charge in [-0.15, -0.1) is 0 Å². The molecule has 0 aliphatic carbocycles. The number of aliphatic carboxylic acids is 1. The monoisotopic (exact) mass is 306 g/mol. The van der Waals surface area contributed by atoms with Crippen LogP contribution in [0.25, 0.3) is 17.3 Å². The summed E-state index contributed by atoms with van der Waals surface area (Å²) >= 11 is 0. The third-order valence-corrected chi connectivity index (χ3v) is 4.51. The lowest BCUT2D eigenvalue weighted by atomic mass is 9.91. The minimum Gasteiger partial charge on any atom is -0.478 e. The van der Waals surface area contributed by atoms with Gasteiger partial charge in [-0.25, -0.2) is 4.79 Å². The predicted molar refractivity (Wildman–Crippen MR) is 90.6 cm³/mol. The van der Waals surface area contributed by atoms with E-state index in [1.54, 1.807) is 6.20 Å². The number of aromatic nitrogens is 1. The molecular formula is C19H18N2O2. The van der Waals surface area contributed by atoms with Gasteiger partial charge in [0.2, 0.25) is 0 Å².